The summed E-state index contributed by atoms with van der Waals surface area (Å²) in [5, 5.41) is 9.86. The van der Waals surface area contributed by atoms with Crippen LogP contribution >= 0.6 is 0 Å². The van der Waals surface area contributed by atoms with Crippen LogP contribution in [0.1, 0.15) is 15.9 Å². The second kappa shape index (κ2) is 8.65. The molecule has 0 aromatic heterocycles. The lowest BCUT2D eigenvalue weighted by molar-refractivity contribution is -0.131. The predicted octanol–water partition coefficient (Wildman–Crippen LogP) is 1.94. The van der Waals surface area contributed by atoms with Crippen LogP contribution in [0.4, 0.5) is 0 Å². The van der Waals surface area contributed by atoms with Crippen molar-refractivity contribution in [2.75, 3.05) is 40.4 Å². The van der Waals surface area contributed by atoms with Gasteiger partial charge >= 0.3 is 0 Å². The van der Waals surface area contributed by atoms with Gasteiger partial charge in [-0.15, -0.1) is 0 Å². The number of aromatic hydroxyl groups is 1. The molecule has 2 amide bonds. The number of phenolic OH excluding ortho intramolecular Hbond substituents is 1. The second-order valence-electron chi connectivity index (χ2n) is 6.56. The Morgan fingerprint density at radius 1 is 0.929 bits per heavy atom. The van der Waals surface area contributed by atoms with Gasteiger partial charge in [-0.1, -0.05) is 18.2 Å². The Hall–Kier alpha value is -3.22. The molecule has 0 radical (unpaired) electrons. The highest BCUT2D eigenvalue weighted by Crippen LogP contribution is 2.28. The van der Waals surface area contributed by atoms with Crippen LogP contribution in [0, 0.1) is 0 Å². The van der Waals surface area contributed by atoms with Gasteiger partial charge in [0.05, 0.1) is 26.2 Å². The van der Waals surface area contributed by atoms with E-state index in [1.165, 1.54) is 6.07 Å². The van der Waals surface area contributed by atoms with E-state index in [0.29, 0.717) is 37.7 Å². The van der Waals surface area contributed by atoms with E-state index < -0.39 is 0 Å². The van der Waals surface area contributed by atoms with Crippen LogP contribution in [0.5, 0.6) is 17.2 Å². The van der Waals surface area contributed by atoms with E-state index in [1.54, 1.807) is 54.4 Å². The lowest BCUT2D eigenvalue weighted by Crippen LogP contribution is -2.51. The maximum atomic E-state index is 12.6. The highest BCUT2D eigenvalue weighted by Gasteiger charge is 2.26. The summed E-state index contributed by atoms with van der Waals surface area (Å²) in [5.74, 6) is 0.965. The van der Waals surface area contributed by atoms with Crippen molar-refractivity contribution in [2.45, 2.75) is 6.42 Å². The van der Waals surface area contributed by atoms with Gasteiger partial charge in [-0.25, -0.2) is 0 Å². The molecule has 28 heavy (non-hydrogen) atoms. The zero-order chi connectivity index (χ0) is 20.1. The molecule has 3 rings (SSSR count). The van der Waals surface area contributed by atoms with Gasteiger partial charge in [0.2, 0.25) is 5.91 Å². The third-order valence-electron chi connectivity index (χ3n) is 4.86. The maximum Gasteiger partial charge on any atom is 0.257 e. The number of ether oxygens (including phenoxy) is 2. The largest absolute Gasteiger partial charge is 0.507 e. The topological polar surface area (TPSA) is 79.3 Å². The average molecular weight is 384 g/mol. The predicted molar refractivity (Wildman–Crippen MR) is 104 cm³/mol. The Bertz CT molecular complexity index is 860. The fourth-order valence-corrected chi connectivity index (χ4v) is 3.26. The van der Waals surface area contributed by atoms with Crippen LogP contribution in [-0.4, -0.2) is 67.1 Å². The first kappa shape index (κ1) is 19.5. The molecule has 0 saturated carbocycles. The zero-order valence-electron chi connectivity index (χ0n) is 16.1. The zero-order valence-corrected chi connectivity index (χ0v) is 16.1. The molecule has 1 N–H and O–H groups in total. The van der Waals surface area contributed by atoms with Crippen molar-refractivity contribution in [3.05, 3.63) is 53.6 Å². The van der Waals surface area contributed by atoms with E-state index in [0.717, 1.165) is 5.56 Å². The molecule has 1 heterocycles. The highest BCUT2D eigenvalue weighted by molar-refractivity contribution is 5.97. The fourth-order valence-electron chi connectivity index (χ4n) is 3.26. The number of phenols is 1. The minimum Gasteiger partial charge on any atom is -0.507 e. The minimum absolute atomic E-state index is 0.00174. The van der Waals surface area contributed by atoms with Crippen LogP contribution in [0.25, 0.3) is 0 Å². The van der Waals surface area contributed by atoms with Crippen molar-refractivity contribution >= 4 is 11.8 Å². The molecule has 0 spiro atoms. The first-order chi connectivity index (χ1) is 13.5. The Kier molecular flexibility index (Phi) is 6.03. The van der Waals surface area contributed by atoms with Gasteiger partial charge in [0, 0.05) is 26.2 Å². The second-order valence-corrected chi connectivity index (χ2v) is 6.56. The third kappa shape index (κ3) is 4.19. The van der Waals surface area contributed by atoms with Crippen LogP contribution in [0.3, 0.4) is 0 Å². The average Bonchev–Trinajstić information content (AvgIpc) is 2.73. The van der Waals surface area contributed by atoms with Crippen molar-refractivity contribution in [1.82, 2.24) is 9.80 Å². The number of hydrogen-bond donors (Lipinski definition) is 1. The molecule has 0 atom stereocenters. The number of benzene rings is 2. The summed E-state index contributed by atoms with van der Waals surface area (Å²) in [4.78, 5) is 28.6. The number of methoxy groups -OCH3 is 2. The first-order valence-corrected chi connectivity index (χ1v) is 9.09. The normalized spacial score (nSPS) is 13.9. The Morgan fingerprint density at radius 2 is 1.57 bits per heavy atom. The molecular weight excluding hydrogens is 360 g/mol. The molecule has 7 nitrogen and oxygen atoms in total. The summed E-state index contributed by atoms with van der Waals surface area (Å²) < 4.78 is 10.5. The number of piperazine rings is 1. The van der Waals surface area contributed by atoms with Crippen LogP contribution < -0.4 is 9.47 Å². The minimum atomic E-state index is -0.218. The van der Waals surface area contributed by atoms with E-state index in [4.69, 9.17) is 9.47 Å². The van der Waals surface area contributed by atoms with E-state index in [1.807, 2.05) is 6.07 Å². The number of amides is 2. The monoisotopic (exact) mass is 384 g/mol. The maximum absolute atomic E-state index is 12.6. The van der Waals surface area contributed by atoms with E-state index in [9.17, 15) is 14.7 Å². The molecule has 0 unspecified atom stereocenters. The number of carbonyl (C=O) groups is 2. The number of hydrogen-bond acceptors (Lipinski definition) is 5. The highest BCUT2D eigenvalue weighted by atomic mass is 16.5. The molecule has 2 aromatic rings. The summed E-state index contributed by atoms with van der Waals surface area (Å²) >= 11 is 0. The third-order valence-corrected chi connectivity index (χ3v) is 4.86. The van der Waals surface area contributed by atoms with E-state index >= 15 is 0 Å². The molecule has 7 heteroatoms. The number of carbonyl (C=O) groups excluding carboxylic acids is 2. The van der Waals surface area contributed by atoms with Crippen LogP contribution in [-0.2, 0) is 11.2 Å². The van der Waals surface area contributed by atoms with Crippen molar-refractivity contribution < 1.29 is 24.2 Å². The number of para-hydroxylation sites is 1. The summed E-state index contributed by atoms with van der Waals surface area (Å²) in [5.41, 5.74) is 1.13. The summed E-state index contributed by atoms with van der Waals surface area (Å²) in [6.45, 7) is 1.80. The van der Waals surface area contributed by atoms with Gasteiger partial charge in [0.25, 0.3) is 5.91 Å². The summed E-state index contributed by atoms with van der Waals surface area (Å²) in [7, 11) is 3.13. The van der Waals surface area contributed by atoms with Crippen molar-refractivity contribution in [3.63, 3.8) is 0 Å². The SMILES string of the molecule is COc1ccc(CC(=O)N2CCN(C(=O)c3ccccc3O)CC2)cc1OC. The van der Waals surface area contributed by atoms with E-state index in [2.05, 4.69) is 0 Å². The van der Waals surface area contributed by atoms with Crippen LogP contribution in [0.2, 0.25) is 0 Å². The molecule has 1 fully saturated rings. The molecule has 0 aliphatic carbocycles. The van der Waals surface area contributed by atoms with Crippen LogP contribution in [0.15, 0.2) is 42.5 Å². The lowest BCUT2D eigenvalue weighted by Gasteiger charge is -2.35. The Morgan fingerprint density at radius 3 is 2.21 bits per heavy atom. The number of nitrogens with zero attached hydrogens (tertiary/aromatic N) is 2. The van der Waals surface area contributed by atoms with Gasteiger partial charge in [0.15, 0.2) is 11.5 Å². The molecule has 2 aromatic carbocycles. The Balaban J connectivity index is 1.58. The molecule has 1 saturated heterocycles. The Labute approximate surface area is 164 Å². The lowest BCUT2D eigenvalue weighted by atomic mass is 10.1. The molecule has 148 valence electrons. The molecule has 0 bridgehead atoms. The molecular formula is C21H24N2O5. The quantitative estimate of drug-likeness (QED) is 0.852. The summed E-state index contributed by atoms with van der Waals surface area (Å²) in [6.07, 6.45) is 0.258. The van der Waals surface area contributed by atoms with Gasteiger partial charge in [-0.3, -0.25) is 9.59 Å². The van der Waals surface area contributed by atoms with Crippen molar-refractivity contribution in [3.8, 4) is 17.2 Å². The number of rotatable bonds is 5. The van der Waals surface area contributed by atoms with Gasteiger partial charge in [-0.2, -0.15) is 0 Å². The molecule has 1 aliphatic heterocycles. The van der Waals surface area contributed by atoms with Gasteiger partial charge in [0.1, 0.15) is 5.75 Å². The fraction of sp³-hybridized carbons (Fsp3) is 0.333. The smallest absolute Gasteiger partial charge is 0.257 e. The standard InChI is InChI=1S/C21H24N2O5/c1-27-18-8-7-15(13-19(18)28-2)14-20(25)22-9-11-23(12-10-22)21(26)16-5-3-4-6-17(16)24/h3-8,13,24H,9-12,14H2,1-2H3. The van der Waals surface area contributed by atoms with Gasteiger partial charge in [-0.05, 0) is 29.8 Å². The summed E-state index contributed by atoms with van der Waals surface area (Å²) in [6, 6.07) is 11.9. The van der Waals surface area contributed by atoms with Crippen molar-refractivity contribution in [2.24, 2.45) is 0 Å². The van der Waals surface area contributed by atoms with Gasteiger partial charge < -0.3 is 24.4 Å². The first-order valence-electron chi connectivity index (χ1n) is 9.09. The van der Waals surface area contributed by atoms with Crippen molar-refractivity contribution in [1.29, 1.82) is 0 Å². The molecule has 1 aliphatic rings. The van der Waals surface area contributed by atoms with E-state index in [-0.39, 0.29) is 29.5 Å².